The second kappa shape index (κ2) is 8.00. The molecule has 0 radical (unpaired) electrons. The third kappa shape index (κ3) is 5.02. The van der Waals surface area contributed by atoms with Crippen LogP contribution in [0.15, 0.2) is 18.2 Å². The summed E-state index contributed by atoms with van der Waals surface area (Å²) in [5.74, 6) is -0.132. The normalized spacial score (nSPS) is 17.5. The van der Waals surface area contributed by atoms with Crippen molar-refractivity contribution in [1.82, 2.24) is 5.32 Å². The number of amides is 2. The number of carbonyl (C=O) groups is 2. The molecule has 1 saturated heterocycles. The molecule has 2 rings (SSSR count). The molecular weight excluding hydrogens is 290 g/mol. The van der Waals surface area contributed by atoms with E-state index in [2.05, 4.69) is 16.0 Å². The number of nitrogens with one attached hydrogen (secondary N) is 3. The largest absolute Gasteiger partial charge is 0.326 e. The van der Waals surface area contributed by atoms with Crippen LogP contribution >= 0.6 is 12.4 Å². The minimum Gasteiger partial charge on any atom is -0.326 e. The van der Waals surface area contributed by atoms with Gasteiger partial charge in [-0.3, -0.25) is 9.59 Å². The van der Waals surface area contributed by atoms with Crippen molar-refractivity contribution in [2.45, 2.75) is 39.2 Å². The molecule has 21 heavy (non-hydrogen) atoms. The number of anilines is 2. The predicted octanol–water partition coefficient (Wildman–Crippen LogP) is 2.46. The average molecular weight is 312 g/mol. The summed E-state index contributed by atoms with van der Waals surface area (Å²) in [7, 11) is 0. The molecular formula is C15H22ClN3O2. The van der Waals surface area contributed by atoms with E-state index in [1.54, 1.807) is 6.07 Å². The Morgan fingerprint density at radius 1 is 1.24 bits per heavy atom. The van der Waals surface area contributed by atoms with Gasteiger partial charge in [-0.1, -0.05) is 12.5 Å². The van der Waals surface area contributed by atoms with Crippen LogP contribution in [0.25, 0.3) is 0 Å². The Morgan fingerprint density at radius 2 is 2.00 bits per heavy atom. The molecule has 1 aromatic rings. The van der Waals surface area contributed by atoms with Gasteiger partial charge in [0, 0.05) is 18.3 Å². The lowest BCUT2D eigenvalue weighted by Gasteiger charge is -2.23. The fraction of sp³-hybridized carbons (Fsp3) is 0.467. The molecule has 5 nitrogen and oxygen atoms in total. The van der Waals surface area contributed by atoms with Gasteiger partial charge < -0.3 is 16.0 Å². The number of halogens is 1. The van der Waals surface area contributed by atoms with Crippen molar-refractivity contribution in [2.24, 2.45) is 0 Å². The number of carbonyl (C=O) groups excluding carboxylic acids is 2. The van der Waals surface area contributed by atoms with Crippen LogP contribution in [0.1, 0.15) is 31.7 Å². The molecule has 3 N–H and O–H groups in total. The minimum atomic E-state index is -0.125. The van der Waals surface area contributed by atoms with Crippen LogP contribution in [0.2, 0.25) is 0 Å². The lowest BCUT2D eigenvalue weighted by atomic mass is 10.0. The zero-order chi connectivity index (χ0) is 14.5. The third-order valence-electron chi connectivity index (χ3n) is 3.44. The van der Waals surface area contributed by atoms with Gasteiger partial charge in [-0.2, -0.15) is 0 Å². The maximum absolute atomic E-state index is 12.2. The van der Waals surface area contributed by atoms with E-state index in [1.165, 1.54) is 6.92 Å². The number of hydrogen-bond acceptors (Lipinski definition) is 3. The zero-order valence-corrected chi connectivity index (χ0v) is 13.2. The molecule has 1 heterocycles. The van der Waals surface area contributed by atoms with Gasteiger partial charge in [0.2, 0.25) is 11.8 Å². The Morgan fingerprint density at radius 3 is 2.62 bits per heavy atom. The first-order chi connectivity index (χ1) is 9.56. The summed E-state index contributed by atoms with van der Waals surface area (Å²) >= 11 is 0. The first kappa shape index (κ1) is 17.5. The third-order valence-corrected chi connectivity index (χ3v) is 3.44. The van der Waals surface area contributed by atoms with E-state index in [0.717, 1.165) is 37.1 Å². The van der Waals surface area contributed by atoms with Crippen molar-refractivity contribution in [3.05, 3.63) is 23.8 Å². The van der Waals surface area contributed by atoms with Gasteiger partial charge in [0.15, 0.2) is 0 Å². The molecule has 0 unspecified atom stereocenters. The van der Waals surface area contributed by atoms with Crippen LogP contribution in [0.3, 0.4) is 0 Å². The van der Waals surface area contributed by atoms with Crippen molar-refractivity contribution in [3.63, 3.8) is 0 Å². The van der Waals surface area contributed by atoms with Crippen molar-refractivity contribution in [3.8, 4) is 0 Å². The summed E-state index contributed by atoms with van der Waals surface area (Å²) < 4.78 is 0. The van der Waals surface area contributed by atoms with Gasteiger partial charge in [0.05, 0.1) is 6.04 Å². The van der Waals surface area contributed by atoms with E-state index >= 15 is 0 Å². The number of hydrogen-bond donors (Lipinski definition) is 3. The van der Waals surface area contributed by atoms with Crippen LogP contribution < -0.4 is 16.0 Å². The van der Waals surface area contributed by atoms with Crippen molar-refractivity contribution in [1.29, 1.82) is 0 Å². The van der Waals surface area contributed by atoms with Crippen LogP contribution in [0.5, 0.6) is 0 Å². The first-order valence-electron chi connectivity index (χ1n) is 6.99. The smallest absolute Gasteiger partial charge is 0.241 e. The van der Waals surface area contributed by atoms with Gasteiger partial charge >= 0.3 is 0 Å². The topological polar surface area (TPSA) is 70.2 Å². The highest BCUT2D eigenvalue weighted by Crippen LogP contribution is 2.21. The Hall–Kier alpha value is -1.59. The lowest BCUT2D eigenvalue weighted by Crippen LogP contribution is -2.43. The Balaban J connectivity index is 0.00000220. The second-order valence-corrected chi connectivity index (χ2v) is 5.20. The van der Waals surface area contributed by atoms with E-state index in [-0.39, 0.29) is 30.3 Å². The summed E-state index contributed by atoms with van der Waals surface area (Å²) in [6.07, 6.45) is 3.08. The van der Waals surface area contributed by atoms with E-state index in [0.29, 0.717) is 5.69 Å². The Labute approximate surface area is 131 Å². The number of rotatable bonds is 3. The molecule has 1 aromatic carbocycles. The Kier molecular flexibility index (Phi) is 6.65. The molecule has 6 heteroatoms. The van der Waals surface area contributed by atoms with Crippen molar-refractivity contribution < 1.29 is 9.59 Å². The maximum atomic E-state index is 12.2. The second-order valence-electron chi connectivity index (χ2n) is 5.20. The molecule has 116 valence electrons. The van der Waals surface area contributed by atoms with Crippen LogP contribution in [0.4, 0.5) is 11.4 Å². The van der Waals surface area contributed by atoms with E-state index < -0.39 is 0 Å². The van der Waals surface area contributed by atoms with E-state index in [9.17, 15) is 9.59 Å². The van der Waals surface area contributed by atoms with Gasteiger partial charge in [0.25, 0.3) is 0 Å². The van der Waals surface area contributed by atoms with Gasteiger partial charge in [0.1, 0.15) is 0 Å². The molecule has 0 saturated carbocycles. The SMILES string of the molecule is CC(=O)Nc1ccc(C)c(NC(=O)[C@@H]2CCCCN2)c1.Cl. The number of aryl methyl sites for hydroxylation is 1. The highest BCUT2D eigenvalue weighted by Gasteiger charge is 2.20. The number of piperidine rings is 1. The van der Waals surface area contributed by atoms with Gasteiger partial charge in [-0.25, -0.2) is 0 Å². The minimum absolute atomic E-state index is 0. The quantitative estimate of drug-likeness (QED) is 0.803. The fourth-order valence-corrected chi connectivity index (χ4v) is 2.33. The predicted molar refractivity (Wildman–Crippen MR) is 87.0 cm³/mol. The monoisotopic (exact) mass is 311 g/mol. The van der Waals surface area contributed by atoms with Gasteiger partial charge in [-0.15, -0.1) is 12.4 Å². The fourth-order valence-electron chi connectivity index (χ4n) is 2.33. The van der Waals surface area contributed by atoms with Crippen molar-refractivity contribution >= 4 is 35.6 Å². The van der Waals surface area contributed by atoms with Crippen LogP contribution in [-0.4, -0.2) is 24.4 Å². The molecule has 0 spiro atoms. The van der Waals surface area contributed by atoms with E-state index in [4.69, 9.17) is 0 Å². The summed E-state index contributed by atoms with van der Waals surface area (Å²) in [5, 5.41) is 8.88. The molecule has 2 amide bonds. The summed E-state index contributed by atoms with van der Waals surface area (Å²) in [6, 6.07) is 5.38. The highest BCUT2D eigenvalue weighted by atomic mass is 35.5. The molecule has 0 bridgehead atoms. The average Bonchev–Trinajstić information content (AvgIpc) is 2.43. The molecule has 0 aliphatic carbocycles. The van der Waals surface area contributed by atoms with E-state index in [1.807, 2.05) is 19.1 Å². The van der Waals surface area contributed by atoms with Crippen molar-refractivity contribution in [2.75, 3.05) is 17.2 Å². The summed E-state index contributed by atoms with van der Waals surface area (Å²) in [6.45, 7) is 4.29. The number of benzene rings is 1. The maximum Gasteiger partial charge on any atom is 0.241 e. The summed E-state index contributed by atoms with van der Waals surface area (Å²) in [5.41, 5.74) is 2.41. The highest BCUT2D eigenvalue weighted by molar-refractivity contribution is 5.97. The molecule has 1 aliphatic heterocycles. The van der Waals surface area contributed by atoms with Crippen LogP contribution in [-0.2, 0) is 9.59 Å². The first-order valence-corrected chi connectivity index (χ1v) is 6.99. The lowest BCUT2D eigenvalue weighted by molar-refractivity contribution is -0.118. The molecule has 1 atom stereocenters. The van der Waals surface area contributed by atoms with Crippen LogP contribution in [0, 0.1) is 6.92 Å². The zero-order valence-electron chi connectivity index (χ0n) is 12.4. The van der Waals surface area contributed by atoms with Gasteiger partial charge in [-0.05, 0) is 44.0 Å². The standard InChI is InChI=1S/C15H21N3O2.ClH/c1-10-6-7-12(17-11(2)19)9-14(10)18-15(20)13-5-3-4-8-16-13;/h6-7,9,13,16H,3-5,8H2,1-2H3,(H,17,19)(H,18,20);1H/t13-;/m0./s1. The molecule has 0 aromatic heterocycles. The summed E-state index contributed by atoms with van der Waals surface area (Å²) in [4.78, 5) is 23.3. The Bertz CT molecular complexity index is 514. The molecule has 1 fully saturated rings. The molecule has 1 aliphatic rings.